The predicted molar refractivity (Wildman–Crippen MR) is 109 cm³/mol. The molecule has 0 unspecified atom stereocenters. The summed E-state index contributed by atoms with van der Waals surface area (Å²) in [5.74, 6) is -3.09. The zero-order chi connectivity index (χ0) is 23.2. The van der Waals surface area contributed by atoms with Crippen LogP contribution in [0.1, 0.15) is 64.4 Å². The Morgan fingerprint density at radius 3 is 2.58 bits per heavy atom. The molecule has 1 aromatic heterocycles. The molecule has 3 rings (SSSR count). The van der Waals surface area contributed by atoms with Crippen LogP contribution < -0.4 is 5.32 Å². The van der Waals surface area contributed by atoms with E-state index in [1.807, 2.05) is 13.8 Å². The molecule has 3 heterocycles. The number of amides is 2. The number of carbonyl (C=O) groups excluding carboxylic acids is 2. The molecule has 0 saturated carbocycles. The number of hydrogen-bond donors (Lipinski definition) is 1. The average Bonchev–Trinajstić information content (AvgIpc) is 2.95. The van der Waals surface area contributed by atoms with E-state index in [1.165, 1.54) is 16.7 Å². The Kier molecular flexibility index (Phi) is 5.96. The van der Waals surface area contributed by atoms with Gasteiger partial charge >= 0.3 is 12.2 Å². The Morgan fingerprint density at radius 1 is 1.29 bits per heavy atom. The topological polar surface area (TPSA) is 85.7 Å². The number of halogens is 2. The number of aromatic nitrogens is 2. The van der Waals surface area contributed by atoms with Crippen LogP contribution in [0.15, 0.2) is 0 Å². The SMILES string of the molecule is COC(=O)NC[C@@]1(C)CCC(F)(F)c2c3c(nn2C1)C[C@@H](C)N(C(=O)OC(C)(C)C)C3. The van der Waals surface area contributed by atoms with Gasteiger partial charge in [0.1, 0.15) is 11.3 Å². The Balaban J connectivity index is 1.92. The van der Waals surface area contributed by atoms with Crippen LogP contribution in [0, 0.1) is 5.41 Å². The highest BCUT2D eigenvalue weighted by atomic mass is 19.3. The first-order valence-corrected chi connectivity index (χ1v) is 10.5. The summed E-state index contributed by atoms with van der Waals surface area (Å²) >= 11 is 0. The van der Waals surface area contributed by atoms with E-state index in [1.54, 1.807) is 20.8 Å². The first-order chi connectivity index (χ1) is 14.2. The second-order valence-corrected chi connectivity index (χ2v) is 9.95. The summed E-state index contributed by atoms with van der Waals surface area (Å²) in [6.07, 6.45) is -0.906. The zero-order valence-corrected chi connectivity index (χ0v) is 19.1. The van der Waals surface area contributed by atoms with Crippen LogP contribution in [0.4, 0.5) is 18.4 Å². The highest BCUT2D eigenvalue weighted by Gasteiger charge is 2.47. The van der Waals surface area contributed by atoms with Crippen LogP contribution in [0.2, 0.25) is 0 Å². The second-order valence-electron chi connectivity index (χ2n) is 9.95. The lowest BCUT2D eigenvalue weighted by Crippen LogP contribution is -2.45. The lowest BCUT2D eigenvalue weighted by molar-refractivity contribution is -0.0255. The van der Waals surface area contributed by atoms with Crippen molar-refractivity contribution < 1.29 is 27.8 Å². The molecular formula is C21H32F2N4O4. The maximum Gasteiger partial charge on any atom is 0.410 e. The van der Waals surface area contributed by atoms with Crippen LogP contribution in [0.3, 0.4) is 0 Å². The smallest absolute Gasteiger partial charge is 0.410 e. The fraction of sp³-hybridized carbons (Fsp3) is 0.762. The van der Waals surface area contributed by atoms with Crippen molar-refractivity contribution in [2.45, 2.75) is 84.5 Å². The zero-order valence-electron chi connectivity index (χ0n) is 19.1. The van der Waals surface area contributed by atoms with Gasteiger partial charge in [0.05, 0.1) is 19.3 Å². The second kappa shape index (κ2) is 7.94. The molecule has 2 atom stereocenters. The molecule has 2 aliphatic rings. The van der Waals surface area contributed by atoms with E-state index in [2.05, 4.69) is 15.2 Å². The van der Waals surface area contributed by atoms with Gasteiger partial charge in [0.15, 0.2) is 0 Å². The van der Waals surface area contributed by atoms with Crippen LogP contribution in [-0.2, 0) is 34.9 Å². The third-order valence-corrected chi connectivity index (χ3v) is 5.88. The summed E-state index contributed by atoms with van der Waals surface area (Å²) in [4.78, 5) is 25.7. The van der Waals surface area contributed by atoms with Crippen molar-refractivity contribution in [1.29, 1.82) is 0 Å². The molecule has 2 aliphatic heterocycles. The highest BCUT2D eigenvalue weighted by molar-refractivity contribution is 5.69. The number of carbonyl (C=O) groups is 2. The van der Waals surface area contributed by atoms with Gasteiger partial charge in [-0.25, -0.2) is 9.59 Å². The fourth-order valence-corrected chi connectivity index (χ4v) is 4.20. The van der Waals surface area contributed by atoms with Gasteiger partial charge in [0, 0.05) is 43.0 Å². The summed E-state index contributed by atoms with van der Waals surface area (Å²) < 4.78 is 42.0. The number of alkyl carbamates (subject to hydrolysis) is 1. The molecule has 0 bridgehead atoms. The quantitative estimate of drug-likeness (QED) is 0.753. The van der Waals surface area contributed by atoms with E-state index in [0.717, 1.165) is 0 Å². The molecule has 1 N–H and O–H groups in total. The monoisotopic (exact) mass is 442 g/mol. The van der Waals surface area contributed by atoms with E-state index < -0.39 is 29.1 Å². The van der Waals surface area contributed by atoms with Gasteiger partial charge in [-0.2, -0.15) is 13.9 Å². The van der Waals surface area contributed by atoms with E-state index in [0.29, 0.717) is 17.7 Å². The Bertz CT molecular complexity index is 864. The normalized spacial score (nSPS) is 25.2. The van der Waals surface area contributed by atoms with Gasteiger partial charge in [0.2, 0.25) is 0 Å². The third kappa shape index (κ3) is 4.93. The molecule has 0 saturated heterocycles. The molecule has 0 spiro atoms. The lowest BCUT2D eigenvalue weighted by Gasteiger charge is -2.35. The Labute approximate surface area is 181 Å². The molecule has 8 nitrogen and oxygen atoms in total. The summed E-state index contributed by atoms with van der Waals surface area (Å²) in [7, 11) is 1.26. The van der Waals surface area contributed by atoms with Crippen LogP contribution in [0.25, 0.3) is 0 Å². The van der Waals surface area contributed by atoms with Gasteiger partial charge in [-0.15, -0.1) is 0 Å². The molecule has 0 aliphatic carbocycles. The van der Waals surface area contributed by atoms with Gasteiger partial charge in [-0.05, 0) is 34.1 Å². The Hall–Kier alpha value is -2.39. The molecular weight excluding hydrogens is 410 g/mol. The number of ether oxygens (including phenoxy) is 2. The van der Waals surface area contributed by atoms with Crippen molar-refractivity contribution in [2.75, 3.05) is 13.7 Å². The number of nitrogens with zero attached hydrogens (tertiary/aromatic N) is 3. The van der Waals surface area contributed by atoms with Crippen LogP contribution in [-0.4, -0.2) is 52.2 Å². The molecule has 1 aromatic rings. The number of fused-ring (bicyclic) bond motifs is 3. The minimum Gasteiger partial charge on any atom is -0.453 e. The predicted octanol–water partition coefficient (Wildman–Crippen LogP) is 3.81. The first-order valence-electron chi connectivity index (χ1n) is 10.5. The first kappa shape index (κ1) is 23.3. The molecule has 0 fully saturated rings. The minimum atomic E-state index is -3.09. The van der Waals surface area contributed by atoms with Crippen molar-refractivity contribution in [2.24, 2.45) is 5.41 Å². The fourth-order valence-electron chi connectivity index (χ4n) is 4.20. The molecule has 2 amide bonds. The van der Waals surface area contributed by atoms with Crippen LogP contribution >= 0.6 is 0 Å². The highest BCUT2D eigenvalue weighted by Crippen LogP contribution is 2.45. The maximum absolute atomic E-state index is 15.3. The number of alkyl halides is 2. The Morgan fingerprint density at radius 2 is 1.97 bits per heavy atom. The molecule has 31 heavy (non-hydrogen) atoms. The summed E-state index contributed by atoms with van der Waals surface area (Å²) in [5, 5.41) is 7.15. The van der Waals surface area contributed by atoms with Crippen molar-refractivity contribution in [1.82, 2.24) is 20.0 Å². The van der Waals surface area contributed by atoms with Gasteiger partial charge in [-0.3, -0.25) is 4.68 Å². The van der Waals surface area contributed by atoms with E-state index in [9.17, 15) is 9.59 Å². The third-order valence-electron chi connectivity index (χ3n) is 5.88. The molecule has 10 heteroatoms. The van der Waals surface area contributed by atoms with E-state index >= 15 is 8.78 Å². The number of methoxy groups -OCH3 is 1. The van der Waals surface area contributed by atoms with Crippen molar-refractivity contribution in [3.05, 3.63) is 17.0 Å². The summed E-state index contributed by atoms with van der Waals surface area (Å²) in [6.45, 7) is 9.49. The average molecular weight is 443 g/mol. The number of hydrogen-bond acceptors (Lipinski definition) is 5. The van der Waals surface area contributed by atoms with Crippen molar-refractivity contribution in [3.63, 3.8) is 0 Å². The van der Waals surface area contributed by atoms with Crippen molar-refractivity contribution in [3.8, 4) is 0 Å². The number of nitrogens with one attached hydrogen (secondary N) is 1. The van der Waals surface area contributed by atoms with Gasteiger partial charge < -0.3 is 19.7 Å². The van der Waals surface area contributed by atoms with Gasteiger partial charge in [-0.1, -0.05) is 6.92 Å². The molecule has 0 aromatic carbocycles. The standard InChI is InChI=1S/C21H32F2N4O4/c1-13-9-15-14(10-26(13)18(29)31-19(2,3)4)16-21(22,23)8-7-20(5,12-27(16)25-15)11-24-17(28)30-6/h13H,7-12H2,1-6H3,(H,24,28)/t13-,20-/m1/s1. The maximum atomic E-state index is 15.3. The van der Waals surface area contributed by atoms with E-state index in [4.69, 9.17) is 4.74 Å². The number of rotatable bonds is 2. The van der Waals surface area contributed by atoms with Crippen LogP contribution in [0.5, 0.6) is 0 Å². The summed E-state index contributed by atoms with van der Waals surface area (Å²) in [5.41, 5.74) is -0.435. The van der Waals surface area contributed by atoms with Crippen molar-refractivity contribution >= 4 is 12.2 Å². The lowest BCUT2D eigenvalue weighted by atomic mass is 9.84. The molecule has 174 valence electrons. The summed E-state index contributed by atoms with van der Waals surface area (Å²) in [6, 6.07) is -0.220. The largest absolute Gasteiger partial charge is 0.453 e. The minimum absolute atomic E-state index is 0.0352. The molecule has 0 radical (unpaired) electrons. The van der Waals surface area contributed by atoms with E-state index in [-0.39, 0.29) is 44.2 Å². The van der Waals surface area contributed by atoms with Gasteiger partial charge in [0.25, 0.3) is 5.92 Å².